The van der Waals surface area contributed by atoms with Crippen LogP contribution in [-0.2, 0) is 16.4 Å². The maximum Gasteiger partial charge on any atom is 0.179 e. The first-order valence-electron chi connectivity index (χ1n) is 6.67. The third-order valence-corrected chi connectivity index (χ3v) is 4.74. The highest BCUT2D eigenvalue weighted by Crippen LogP contribution is 2.17. The van der Waals surface area contributed by atoms with Crippen molar-refractivity contribution in [3.63, 3.8) is 0 Å². The van der Waals surface area contributed by atoms with Gasteiger partial charge in [0.1, 0.15) is 5.75 Å². The first kappa shape index (κ1) is 15.5. The molecule has 1 aromatic carbocycles. The molecule has 1 aromatic heterocycles. The predicted molar refractivity (Wildman–Crippen MR) is 80.1 cm³/mol. The molecular formula is C14H19N3O3S. The molecule has 0 bridgehead atoms. The average Bonchev–Trinajstić information content (AvgIpc) is 3.00. The van der Waals surface area contributed by atoms with E-state index in [9.17, 15) is 8.42 Å². The molecule has 0 fully saturated rings. The van der Waals surface area contributed by atoms with Crippen LogP contribution in [0.25, 0.3) is 0 Å². The molecule has 0 saturated carbocycles. The van der Waals surface area contributed by atoms with E-state index in [1.54, 1.807) is 35.1 Å². The van der Waals surface area contributed by atoms with Gasteiger partial charge in [-0.15, -0.1) is 0 Å². The van der Waals surface area contributed by atoms with Crippen LogP contribution in [0.4, 0.5) is 0 Å². The van der Waals surface area contributed by atoms with Gasteiger partial charge in [-0.2, -0.15) is 5.10 Å². The zero-order valence-electron chi connectivity index (χ0n) is 11.9. The van der Waals surface area contributed by atoms with Gasteiger partial charge >= 0.3 is 0 Å². The Balaban J connectivity index is 1.80. The van der Waals surface area contributed by atoms with E-state index in [1.165, 1.54) is 7.11 Å². The summed E-state index contributed by atoms with van der Waals surface area (Å²) in [6.45, 7) is 1.79. The molecule has 0 spiro atoms. The molecule has 0 atom stereocenters. The molecule has 114 valence electrons. The van der Waals surface area contributed by atoms with Gasteiger partial charge in [-0.25, -0.2) is 8.42 Å². The third-order valence-electron chi connectivity index (χ3n) is 3.02. The molecular weight excluding hydrogens is 290 g/mol. The summed E-state index contributed by atoms with van der Waals surface area (Å²) in [6.07, 6.45) is 3.59. The predicted octanol–water partition coefficient (Wildman–Crippen LogP) is 0.955. The normalized spacial score (nSPS) is 11.5. The number of benzene rings is 1. The van der Waals surface area contributed by atoms with Crippen LogP contribution in [0.2, 0.25) is 0 Å². The quantitative estimate of drug-likeness (QED) is 0.735. The van der Waals surface area contributed by atoms with E-state index < -0.39 is 9.84 Å². The van der Waals surface area contributed by atoms with Crippen LogP contribution in [0.3, 0.4) is 0 Å². The molecule has 2 rings (SSSR count). The Morgan fingerprint density at radius 2 is 2.14 bits per heavy atom. The summed E-state index contributed by atoms with van der Waals surface area (Å²) in [5.41, 5.74) is 0. The second kappa shape index (κ2) is 7.24. The topological polar surface area (TPSA) is 73.2 Å². The van der Waals surface area contributed by atoms with Crippen molar-refractivity contribution in [3.8, 4) is 5.75 Å². The van der Waals surface area contributed by atoms with Gasteiger partial charge in [-0.1, -0.05) is 6.07 Å². The molecule has 1 N–H and O–H groups in total. The maximum absolute atomic E-state index is 12.2. The highest BCUT2D eigenvalue weighted by atomic mass is 32.2. The van der Waals surface area contributed by atoms with Crippen molar-refractivity contribution in [2.45, 2.75) is 11.4 Å². The van der Waals surface area contributed by atoms with Crippen LogP contribution in [0.15, 0.2) is 47.6 Å². The standard InChI is InChI=1S/C14H19N3O3S/c1-20-13-4-2-5-14(12-13)21(18,19)11-8-15-7-10-17-9-3-6-16-17/h2-6,9,12,15H,7-8,10-11H2,1H3. The second-order valence-corrected chi connectivity index (χ2v) is 6.63. The van der Waals surface area contributed by atoms with Crippen molar-refractivity contribution >= 4 is 9.84 Å². The number of nitrogens with zero attached hydrogens (tertiary/aromatic N) is 2. The van der Waals surface area contributed by atoms with Crippen molar-refractivity contribution < 1.29 is 13.2 Å². The molecule has 2 aromatic rings. The number of methoxy groups -OCH3 is 1. The van der Waals surface area contributed by atoms with E-state index in [0.717, 1.165) is 0 Å². The summed E-state index contributed by atoms with van der Waals surface area (Å²) in [5.74, 6) is 0.599. The molecule has 1 heterocycles. The lowest BCUT2D eigenvalue weighted by molar-refractivity contribution is 0.413. The lowest BCUT2D eigenvalue weighted by Crippen LogP contribution is -2.26. The highest BCUT2D eigenvalue weighted by Gasteiger charge is 2.14. The smallest absolute Gasteiger partial charge is 0.179 e. The zero-order valence-corrected chi connectivity index (χ0v) is 12.7. The second-order valence-electron chi connectivity index (χ2n) is 4.52. The van der Waals surface area contributed by atoms with Gasteiger partial charge in [0.05, 0.1) is 24.3 Å². The van der Waals surface area contributed by atoms with E-state index in [-0.39, 0.29) is 10.6 Å². The minimum Gasteiger partial charge on any atom is -0.497 e. The van der Waals surface area contributed by atoms with Gasteiger partial charge in [0.15, 0.2) is 9.84 Å². The number of rotatable bonds is 8. The van der Waals surface area contributed by atoms with Gasteiger partial charge < -0.3 is 10.1 Å². The number of hydrogen-bond donors (Lipinski definition) is 1. The largest absolute Gasteiger partial charge is 0.497 e. The Kier molecular flexibility index (Phi) is 5.35. The van der Waals surface area contributed by atoms with E-state index in [2.05, 4.69) is 10.4 Å². The first-order valence-corrected chi connectivity index (χ1v) is 8.32. The lowest BCUT2D eigenvalue weighted by Gasteiger charge is -2.08. The van der Waals surface area contributed by atoms with Gasteiger partial charge in [0.2, 0.25) is 0 Å². The fraction of sp³-hybridized carbons (Fsp3) is 0.357. The third kappa shape index (κ3) is 4.57. The van der Waals surface area contributed by atoms with Crippen molar-refractivity contribution in [2.24, 2.45) is 0 Å². The molecule has 0 radical (unpaired) electrons. The summed E-state index contributed by atoms with van der Waals surface area (Å²) in [5, 5.41) is 7.18. The van der Waals surface area contributed by atoms with Crippen molar-refractivity contribution in [3.05, 3.63) is 42.7 Å². The molecule has 0 saturated heterocycles. The van der Waals surface area contributed by atoms with Crippen LogP contribution < -0.4 is 10.1 Å². The molecule has 0 amide bonds. The van der Waals surface area contributed by atoms with Crippen LogP contribution in [0.1, 0.15) is 0 Å². The van der Waals surface area contributed by atoms with Gasteiger partial charge in [-0.3, -0.25) is 4.68 Å². The lowest BCUT2D eigenvalue weighted by atomic mass is 10.3. The fourth-order valence-electron chi connectivity index (χ4n) is 1.87. The Hall–Kier alpha value is -1.86. The number of ether oxygens (including phenoxy) is 1. The van der Waals surface area contributed by atoms with Crippen molar-refractivity contribution in [1.82, 2.24) is 15.1 Å². The fourth-order valence-corrected chi connectivity index (χ4v) is 3.10. The zero-order chi connectivity index (χ0) is 15.1. The van der Waals surface area contributed by atoms with Crippen molar-refractivity contribution in [2.75, 3.05) is 26.0 Å². The van der Waals surface area contributed by atoms with Crippen LogP contribution in [0, 0.1) is 0 Å². The van der Waals surface area contributed by atoms with Gasteiger partial charge in [0.25, 0.3) is 0 Å². The van der Waals surface area contributed by atoms with Gasteiger partial charge in [0, 0.05) is 25.5 Å². The number of sulfone groups is 1. The summed E-state index contributed by atoms with van der Waals surface area (Å²) >= 11 is 0. The Morgan fingerprint density at radius 3 is 2.86 bits per heavy atom. The number of aromatic nitrogens is 2. The first-order chi connectivity index (χ1) is 10.1. The van der Waals surface area contributed by atoms with Crippen LogP contribution in [-0.4, -0.2) is 44.2 Å². The van der Waals surface area contributed by atoms with Gasteiger partial charge in [-0.05, 0) is 24.3 Å². The van der Waals surface area contributed by atoms with Crippen molar-refractivity contribution in [1.29, 1.82) is 0 Å². The molecule has 0 aliphatic heterocycles. The summed E-state index contributed by atoms with van der Waals surface area (Å²) in [4.78, 5) is 0.288. The van der Waals surface area contributed by atoms with E-state index in [1.807, 2.05) is 12.3 Å². The summed E-state index contributed by atoms with van der Waals surface area (Å²) in [7, 11) is -1.78. The van der Waals surface area contributed by atoms with E-state index in [0.29, 0.717) is 25.4 Å². The Labute approximate surface area is 124 Å². The molecule has 6 nitrogen and oxygen atoms in total. The maximum atomic E-state index is 12.2. The number of hydrogen-bond acceptors (Lipinski definition) is 5. The minimum absolute atomic E-state index is 0.0548. The molecule has 0 aliphatic rings. The monoisotopic (exact) mass is 309 g/mol. The van der Waals surface area contributed by atoms with Crippen LogP contribution in [0.5, 0.6) is 5.75 Å². The molecule has 0 unspecified atom stereocenters. The molecule has 7 heteroatoms. The highest BCUT2D eigenvalue weighted by molar-refractivity contribution is 7.91. The van der Waals surface area contributed by atoms with E-state index in [4.69, 9.17) is 4.74 Å². The summed E-state index contributed by atoms with van der Waals surface area (Å²) in [6, 6.07) is 8.38. The number of nitrogens with one attached hydrogen (secondary N) is 1. The Morgan fingerprint density at radius 1 is 1.29 bits per heavy atom. The molecule has 21 heavy (non-hydrogen) atoms. The Bertz CT molecular complexity index is 654. The average molecular weight is 309 g/mol. The van der Waals surface area contributed by atoms with Crippen LogP contribution >= 0.6 is 0 Å². The SMILES string of the molecule is COc1cccc(S(=O)(=O)CCNCCn2cccn2)c1. The molecule has 0 aliphatic carbocycles. The van der Waals surface area contributed by atoms with E-state index >= 15 is 0 Å². The summed E-state index contributed by atoms with van der Waals surface area (Å²) < 4.78 is 31.2. The minimum atomic E-state index is -3.29.